The lowest BCUT2D eigenvalue weighted by Gasteiger charge is -2.23. The van der Waals surface area contributed by atoms with Crippen molar-refractivity contribution in [1.82, 2.24) is 5.32 Å². The average Bonchev–Trinajstić information content (AvgIpc) is 2.85. The minimum atomic E-state index is 0.0524. The molecule has 0 aliphatic carbocycles. The van der Waals surface area contributed by atoms with Gasteiger partial charge in [0.15, 0.2) is 0 Å². The van der Waals surface area contributed by atoms with Crippen LogP contribution in [-0.2, 0) is 0 Å². The lowest BCUT2D eigenvalue weighted by Crippen LogP contribution is -2.25. The van der Waals surface area contributed by atoms with Crippen LogP contribution in [0.25, 0.3) is 0 Å². The van der Waals surface area contributed by atoms with Crippen LogP contribution in [0.5, 0.6) is 5.75 Å². The van der Waals surface area contributed by atoms with Crippen LogP contribution < -0.4 is 15.8 Å². The third-order valence-corrected chi connectivity index (χ3v) is 5.88. The minimum Gasteiger partial charge on any atom is -0.497 e. The molecule has 0 saturated carbocycles. The van der Waals surface area contributed by atoms with E-state index in [0.29, 0.717) is 5.92 Å². The summed E-state index contributed by atoms with van der Waals surface area (Å²) >= 11 is 0. The summed E-state index contributed by atoms with van der Waals surface area (Å²) in [5.41, 5.74) is 11.9. The van der Waals surface area contributed by atoms with Crippen molar-refractivity contribution in [2.24, 2.45) is 0 Å². The molecule has 4 rings (SSSR count). The molecule has 3 nitrogen and oxygen atoms in total. The first kappa shape index (κ1) is 21.7. The van der Waals surface area contributed by atoms with Crippen LogP contribution in [0.2, 0.25) is 0 Å². The number of hydrogen-bond donors (Lipinski definition) is 2. The summed E-state index contributed by atoms with van der Waals surface area (Å²) in [5, 5.41) is 3.79. The molecule has 1 atom stereocenters. The van der Waals surface area contributed by atoms with E-state index in [0.717, 1.165) is 30.0 Å². The van der Waals surface area contributed by atoms with Gasteiger partial charge < -0.3 is 15.8 Å². The molecular formula is C29H30N2O. The van der Waals surface area contributed by atoms with Crippen molar-refractivity contribution < 1.29 is 4.74 Å². The largest absolute Gasteiger partial charge is 0.497 e. The molecule has 4 aromatic carbocycles. The monoisotopic (exact) mass is 422 g/mol. The van der Waals surface area contributed by atoms with Crippen LogP contribution in [0, 0.1) is 0 Å². The van der Waals surface area contributed by atoms with E-state index >= 15 is 0 Å². The average molecular weight is 423 g/mol. The highest BCUT2D eigenvalue weighted by Gasteiger charge is 2.17. The summed E-state index contributed by atoms with van der Waals surface area (Å²) in [7, 11) is 1.69. The van der Waals surface area contributed by atoms with Crippen LogP contribution in [-0.4, -0.2) is 13.7 Å². The van der Waals surface area contributed by atoms with Crippen molar-refractivity contribution in [3.8, 4) is 5.75 Å². The van der Waals surface area contributed by atoms with Crippen LogP contribution in [0.15, 0.2) is 109 Å². The maximum absolute atomic E-state index is 6.10. The second-order valence-corrected chi connectivity index (χ2v) is 7.99. The van der Waals surface area contributed by atoms with Gasteiger partial charge in [-0.15, -0.1) is 0 Å². The Bertz CT molecular complexity index is 1060. The number of benzene rings is 4. The Hall–Kier alpha value is -3.56. The molecule has 0 heterocycles. The Labute approximate surface area is 190 Å². The zero-order valence-electron chi connectivity index (χ0n) is 18.4. The first-order chi connectivity index (χ1) is 15.7. The summed E-state index contributed by atoms with van der Waals surface area (Å²) in [4.78, 5) is 0. The summed E-state index contributed by atoms with van der Waals surface area (Å²) in [6, 6.07) is 37.9. The van der Waals surface area contributed by atoms with Crippen molar-refractivity contribution in [2.45, 2.75) is 18.4 Å². The molecule has 3 heteroatoms. The molecule has 0 aromatic heterocycles. The van der Waals surface area contributed by atoms with E-state index in [1.807, 2.05) is 30.3 Å². The maximum atomic E-state index is 6.10. The SMILES string of the molecule is COc1ccc(C(NCCC(c2ccccc2)c2ccccc2)c2cccc(N)c2)cc1. The first-order valence-electron chi connectivity index (χ1n) is 11.1. The van der Waals surface area contributed by atoms with E-state index in [4.69, 9.17) is 10.5 Å². The molecular weight excluding hydrogens is 392 g/mol. The number of anilines is 1. The molecule has 3 N–H and O–H groups in total. The molecule has 0 bridgehead atoms. The number of methoxy groups -OCH3 is 1. The van der Waals surface area contributed by atoms with Gasteiger partial charge in [0.05, 0.1) is 13.2 Å². The van der Waals surface area contributed by atoms with Gasteiger partial charge >= 0.3 is 0 Å². The quantitative estimate of drug-likeness (QED) is 0.317. The molecule has 162 valence electrons. The van der Waals surface area contributed by atoms with Crippen LogP contribution in [0.4, 0.5) is 5.69 Å². The Morgan fingerprint density at radius 2 is 1.28 bits per heavy atom. The number of ether oxygens (including phenoxy) is 1. The van der Waals surface area contributed by atoms with Gasteiger partial charge in [0.25, 0.3) is 0 Å². The Morgan fingerprint density at radius 1 is 0.688 bits per heavy atom. The van der Waals surface area contributed by atoms with Crippen LogP contribution in [0.3, 0.4) is 0 Å². The minimum absolute atomic E-state index is 0.0524. The van der Waals surface area contributed by atoms with Gasteiger partial charge in [-0.2, -0.15) is 0 Å². The number of rotatable bonds is 9. The van der Waals surface area contributed by atoms with Gasteiger partial charge in [0, 0.05) is 11.6 Å². The lowest BCUT2D eigenvalue weighted by atomic mass is 9.88. The number of hydrogen-bond acceptors (Lipinski definition) is 3. The van der Waals surface area contributed by atoms with E-state index in [-0.39, 0.29) is 6.04 Å². The Balaban J connectivity index is 1.56. The molecule has 0 radical (unpaired) electrons. The fourth-order valence-corrected chi connectivity index (χ4v) is 4.23. The van der Waals surface area contributed by atoms with E-state index in [9.17, 15) is 0 Å². The Morgan fingerprint density at radius 3 is 1.84 bits per heavy atom. The zero-order chi connectivity index (χ0) is 22.2. The lowest BCUT2D eigenvalue weighted by molar-refractivity contribution is 0.414. The van der Waals surface area contributed by atoms with E-state index in [1.54, 1.807) is 7.11 Å². The normalized spacial score (nSPS) is 11.9. The second-order valence-electron chi connectivity index (χ2n) is 7.99. The zero-order valence-corrected chi connectivity index (χ0v) is 18.4. The summed E-state index contributed by atoms with van der Waals surface area (Å²) in [6.45, 7) is 0.861. The van der Waals surface area contributed by atoms with Crippen molar-refractivity contribution >= 4 is 5.69 Å². The molecule has 0 aliphatic heterocycles. The van der Waals surface area contributed by atoms with Crippen LogP contribution >= 0.6 is 0 Å². The maximum Gasteiger partial charge on any atom is 0.118 e. The van der Waals surface area contributed by atoms with Gasteiger partial charge in [0.1, 0.15) is 5.75 Å². The molecule has 4 aromatic rings. The number of nitrogens with one attached hydrogen (secondary N) is 1. The van der Waals surface area contributed by atoms with E-state index < -0.39 is 0 Å². The van der Waals surface area contributed by atoms with Gasteiger partial charge in [-0.1, -0.05) is 84.9 Å². The highest BCUT2D eigenvalue weighted by Crippen LogP contribution is 2.29. The van der Waals surface area contributed by atoms with Gasteiger partial charge in [-0.05, 0) is 59.5 Å². The highest BCUT2D eigenvalue weighted by molar-refractivity contribution is 5.45. The molecule has 0 aliphatic rings. The van der Waals surface area contributed by atoms with Crippen molar-refractivity contribution in [1.29, 1.82) is 0 Å². The standard InChI is InChI=1S/C29H30N2O/c1-32-27-17-15-24(16-18-27)29(25-13-8-14-26(30)21-25)31-20-19-28(22-9-4-2-5-10-22)23-11-6-3-7-12-23/h2-18,21,28-29,31H,19-20,30H2,1H3. The summed E-state index contributed by atoms with van der Waals surface area (Å²) < 4.78 is 5.34. The first-order valence-corrected chi connectivity index (χ1v) is 11.1. The predicted molar refractivity (Wildman–Crippen MR) is 133 cm³/mol. The third-order valence-electron chi connectivity index (χ3n) is 5.88. The molecule has 1 unspecified atom stereocenters. The molecule has 32 heavy (non-hydrogen) atoms. The number of nitrogens with two attached hydrogens (primary N) is 1. The molecule has 0 fully saturated rings. The topological polar surface area (TPSA) is 47.3 Å². The Kier molecular flexibility index (Phi) is 7.21. The smallest absolute Gasteiger partial charge is 0.118 e. The van der Waals surface area contributed by atoms with Crippen LogP contribution in [0.1, 0.15) is 40.6 Å². The predicted octanol–water partition coefficient (Wildman–Crippen LogP) is 6.18. The van der Waals surface area contributed by atoms with Crippen molar-refractivity contribution in [3.63, 3.8) is 0 Å². The second kappa shape index (κ2) is 10.7. The van der Waals surface area contributed by atoms with Gasteiger partial charge in [0.2, 0.25) is 0 Å². The fourth-order valence-electron chi connectivity index (χ4n) is 4.23. The fraction of sp³-hybridized carbons (Fsp3) is 0.172. The highest BCUT2D eigenvalue weighted by atomic mass is 16.5. The van der Waals surface area contributed by atoms with Gasteiger partial charge in [-0.3, -0.25) is 0 Å². The van der Waals surface area contributed by atoms with E-state index in [2.05, 4.69) is 84.2 Å². The third kappa shape index (κ3) is 5.37. The molecule has 0 amide bonds. The van der Waals surface area contributed by atoms with E-state index in [1.165, 1.54) is 16.7 Å². The number of nitrogen functional groups attached to an aromatic ring is 1. The summed E-state index contributed by atoms with van der Waals surface area (Å²) in [5.74, 6) is 1.19. The summed E-state index contributed by atoms with van der Waals surface area (Å²) in [6.07, 6.45) is 0.989. The molecule has 0 spiro atoms. The van der Waals surface area contributed by atoms with Gasteiger partial charge in [-0.25, -0.2) is 0 Å². The van der Waals surface area contributed by atoms with Crippen molar-refractivity contribution in [3.05, 3.63) is 131 Å². The molecule has 0 saturated heterocycles. The van der Waals surface area contributed by atoms with Crippen molar-refractivity contribution in [2.75, 3.05) is 19.4 Å².